The van der Waals surface area contributed by atoms with Crippen LogP contribution in [0.25, 0.3) is 22.3 Å². The summed E-state index contributed by atoms with van der Waals surface area (Å²) in [5, 5.41) is 3.85. The molecule has 0 saturated carbocycles. The molecule has 0 spiro atoms. The van der Waals surface area contributed by atoms with Gasteiger partial charge < -0.3 is 19.4 Å². The lowest BCUT2D eigenvalue weighted by Gasteiger charge is -2.12. The number of rotatable bonds is 7. The molecule has 0 aliphatic carbocycles. The number of nitrogens with zero attached hydrogens (tertiary/aromatic N) is 2. The van der Waals surface area contributed by atoms with Gasteiger partial charge in [-0.25, -0.2) is 9.37 Å². The number of hydrogen-bond acceptors (Lipinski definition) is 4. The molecule has 0 aliphatic heterocycles. The van der Waals surface area contributed by atoms with Crippen LogP contribution in [0.5, 0.6) is 11.5 Å². The van der Waals surface area contributed by atoms with Gasteiger partial charge in [0.15, 0.2) is 11.5 Å². The second-order valence-corrected chi connectivity index (χ2v) is 7.00. The van der Waals surface area contributed by atoms with E-state index >= 15 is 0 Å². The van der Waals surface area contributed by atoms with Crippen molar-refractivity contribution in [2.75, 3.05) is 14.2 Å². The number of benzene rings is 2. The maximum absolute atomic E-state index is 13.4. The topological polar surface area (TPSA) is 65.4 Å². The summed E-state index contributed by atoms with van der Waals surface area (Å²) in [6.45, 7) is 0.429. The minimum absolute atomic E-state index is 0.0838. The summed E-state index contributed by atoms with van der Waals surface area (Å²) in [6.07, 6.45) is 1.69. The standard InChI is InChI=1S/C24H22FN3O3/c1-30-21-10-5-16(12-22(21)31-2)14-27-23(29)15-28-20(17-6-8-19(25)9-7-17)13-18-4-3-11-26-24(18)28/h3-13H,14-15H2,1-2H3,(H,27,29). The van der Waals surface area contributed by atoms with Gasteiger partial charge in [-0.1, -0.05) is 6.07 Å². The lowest BCUT2D eigenvalue weighted by molar-refractivity contribution is -0.121. The number of amides is 1. The molecule has 158 valence electrons. The molecule has 0 atom stereocenters. The van der Waals surface area contributed by atoms with Crippen molar-refractivity contribution in [1.82, 2.24) is 14.9 Å². The van der Waals surface area contributed by atoms with E-state index in [2.05, 4.69) is 10.3 Å². The molecule has 0 unspecified atom stereocenters. The number of ether oxygens (including phenoxy) is 2. The van der Waals surface area contributed by atoms with Crippen LogP contribution >= 0.6 is 0 Å². The first-order valence-electron chi connectivity index (χ1n) is 9.77. The van der Waals surface area contributed by atoms with E-state index < -0.39 is 0 Å². The normalized spacial score (nSPS) is 10.8. The van der Waals surface area contributed by atoms with E-state index in [4.69, 9.17) is 9.47 Å². The molecule has 0 bridgehead atoms. The van der Waals surface area contributed by atoms with Gasteiger partial charge in [-0.2, -0.15) is 0 Å². The van der Waals surface area contributed by atoms with E-state index in [1.807, 2.05) is 34.9 Å². The largest absolute Gasteiger partial charge is 0.493 e. The third-order valence-corrected chi connectivity index (χ3v) is 5.03. The van der Waals surface area contributed by atoms with Gasteiger partial charge in [0.2, 0.25) is 5.91 Å². The highest BCUT2D eigenvalue weighted by Crippen LogP contribution is 2.28. The molecule has 4 rings (SSSR count). The molecule has 0 fully saturated rings. The van der Waals surface area contributed by atoms with Crippen LogP contribution in [0.4, 0.5) is 4.39 Å². The lowest BCUT2D eigenvalue weighted by atomic mass is 10.1. The fraction of sp³-hybridized carbons (Fsp3) is 0.167. The summed E-state index contributed by atoms with van der Waals surface area (Å²) < 4.78 is 25.8. The average Bonchev–Trinajstić information content (AvgIpc) is 3.16. The Bertz CT molecular complexity index is 1220. The van der Waals surface area contributed by atoms with Crippen LogP contribution in [0, 0.1) is 5.82 Å². The summed E-state index contributed by atoms with van der Waals surface area (Å²) >= 11 is 0. The predicted molar refractivity (Wildman–Crippen MR) is 117 cm³/mol. The van der Waals surface area contributed by atoms with Gasteiger partial charge in [0, 0.05) is 18.1 Å². The van der Waals surface area contributed by atoms with Gasteiger partial charge in [0.05, 0.1) is 19.9 Å². The number of nitrogens with one attached hydrogen (secondary N) is 1. The fourth-order valence-electron chi connectivity index (χ4n) is 3.50. The van der Waals surface area contributed by atoms with Crippen molar-refractivity contribution in [2.45, 2.75) is 13.1 Å². The summed E-state index contributed by atoms with van der Waals surface area (Å²) in [6, 6.07) is 17.4. The number of methoxy groups -OCH3 is 2. The monoisotopic (exact) mass is 419 g/mol. The molecule has 31 heavy (non-hydrogen) atoms. The van der Waals surface area contributed by atoms with Crippen molar-refractivity contribution in [3.8, 4) is 22.8 Å². The highest BCUT2D eigenvalue weighted by Gasteiger charge is 2.15. The van der Waals surface area contributed by atoms with E-state index in [0.29, 0.717) is 23.7 Å². The molecule has 2 heterocycles. The van der Waals surface area contributed by atoms with Crippen LogP contribution < -0.4 is 14.8 Å². The van der Waals surface area contributed by atoms with Crippen molar-refractivity contribution < 1.29 is 18.7 Å². The van der Waals surface area contributed by atoms with Gasteiger partial charge in [-0.3, -0.25) is 4.79 Å². The second kappa shape index (κ2) is 8.87. The number of carbonyl (C=O) groups excluding carboxylic acids is 1. The molecule has 2 aromatic heterocycles. The van der Waals surface area contributed by atoms with Gasteiger partial charge in [0.25, 0.3) is 0 Å². The first-order chi connectivity index (χ1) is 15.1. The van der Waals surface area contributed by atoms with Crippen molar-refractivity contribution in [3.05, 3.63) is 78.2 Å². The predicted octanol–water partition coefficient (Wildman–Crippen LogP) is 4.18. The Morgan fingerprint density at radius 3 is 2.55 bits per heavy atom. The first-order valence-corrected chi connectivity index (χ1v) is 9.77. The van der Waals surface area contributed by atoms with E-state index in [-0.39, 0.29) is 18.3 Å². The zero-order valence-corrected chi connectivity index (χ0v) is 17.3. The Hall–Kier alpha value is -3.87. The average molecular weight is 419 g/mol. The Morgan fingerprint density at radius 1 is 1.03 bits per heavy atom. The summed E-state index contributed by atoms with van der Waals surface area (Å²) in [4.78, 5) is 17.2. The van der Waals surface area contributed by atoms with Gasteiger partial charge in [-0.15, -0.1) is 0 Å². The maximum atomic E-state index is 13.4. The summed E-state index contributed by atoms with van der Waals surface area (Å²) in [5.41, 5.74) is 3.20. The quantitative estimate of drug-likeness (QED) is 0.488. The van der Waals surface area contributed by atoms with Crippen LogP contribution in [0.1, 0.15) is 5.56 Å². The smallest absolute Gasteiger partial charge is 0.240 e. The van der Waals surface area contributed by atoms with Crippen LogP contribution in [0.15, 0.2) is 66.9 Å². The molecule has 0 saturated heterocycles. The first kappa shape index (κ1) is 20.4. The number of halogens is 1. The molecule has 0 radical (unpaired) electrons. The third kappa shape index (κ3) is 4.35. The third-order valence-electron chi connectivity index (χ3n) is 5.03. The van der Waals surface area contributed by atoms with Crippen molar-refractivity contribution in [1.29, 1.82) is 0 Å². The maximum Gasteiger partial charge on any atom is 0.240 e. The number of fused-ring (bicyclic) bond motifs is 1. The van der Waals surface area contributed by atoms with Gasteiger partial charge in [0.1, 0.15) is 18.0 Å². The molecule has 2 aromatic carbocycles. The van der Waals surface area contributed by atoms with E-state index in [0.717, 1.165) is 22.2 Å². The molecular weight excluding hydrogens is 397 g/mol. The molecule has 1 N–H and O–H groups in total. The van der Waals surface area contributed by atoms with Crippen LogP contribution in [-0.2, 0) is 17.9 Å². The molecule has 7 heteroatoms. The van der Waals surface area contributed by atoms with Crippen molar-refractivity contribution in [2.24, 2.45) is 0 Å². The SMILES string of the molecule is COc1ccc(CNC(=O)Cn2c(-c3ccc(F)cc3)cc3cccnc32)cc1OC. The number of hydrogen-bond donors (Lipinski definition) is 1. The summed E-state index contributed by atoms with van der Waals surface area (Å²) in [7, 11) is 3.15. The lowest BCUT2D eigenvalue weighted by Crippen LogP contribution is -2.27. The molecular formula is C24H22FN3O3. The Morgan fingerprint density at radius 2 is 1.81 bits per heavy atom. The van der Waals surface area contributed by atoms with Crippen LogP contribution in [0.2, 0.25) is 0 Å². The van der Waals surface area contributed by atoms with Crippen LogP contribution in [0.3, 0.4) is 0 Å². The second-order valence-electron chi connectivity index (χ2n) is 7.00. The zero-order valence-electron chi connectivity index (χ0n) is 17.3. The van der Waals surface area contributed by atoms with Crippen LogP contribution in [-0.4, -0.2) is 29.7 Å². The summed E-state index contributed by atoms with van der Waals surface area (Å²) in [5.74, 6) is 0.762. The fourth-order valence-corrected chi connectivity index (χ4v) is 3.50. The Kier molecular flexibility index (Phi) is 5.84. The molecule has 6 nitrogen and oxygen atoms in total. The Labute approximate surface area is 179 Å². The van der Waals surface area contributed by atoms with Gasteiger partial charge >= 0.3 is 0 Å². The van der Waals surface area contributed by atoms with E-state index in [1.54, 1.807) is 38.6 Å². The Balaban J connectivity index is 1.56. The van der Waals surface area contributed by atoms with E-state index in [1.165, 1.54) is 12.1 Å². The van der Waals surface area contributed by atoms with E-state index in [9.17, 15) is 9.18 Å². The highest BCUT2D eigenvalue weighted by molar-refractivity contribution is 5.87. The zero-order chi connectivity index (χ0) is 21.8. The number of pyridine rings is 1. The molecule has 4 aromatic rings. The highest BCUT2D eigenvalue weighted by atomic mass is 19.1. The van der Waals surface area contributed by atoms with Gasteiger partial charge in [-0.05, 0) is 65.7 Å². The number of carbonyl (C=O) groups is 1. The minimum Gasteiger partial charge on any atom is -0.493 e. The minimum atomic E-state index is -0.308. The number of aromatic nitrogens is 2. The van der Waals surface area contributed by atoms with Crippen molar-refractivity contribution in [3.63, 3.8) is 0 Å². The van der Waals surface area contributed by atoms with Crippen molar-refractivity contribution >= 4 is 16.9 Å². The molecule has 0 aliphatic rings. The molecule has 1 amide bonds.